The number of rotatable bonds is 10. The van der Waals surface area contributed by atoms with Crippen molar-refractivity contribution < 1.29 is 19.0 Å². The number of pyridine rings is 1. The minimum atomic E-state index is -0.124. The lowest BCUT2D eigenvalue weighted by Gasteiger charge is -2.37. The van der Waals surface area contributed by atoms with Crippen LogP contribution in [0.5, 0.6) is 11.5 Å². The van der Waals surface area contributed by atoms with Crippen LogP contribution in [0.4, 0.5) is 0 Å². The van der Waals surface area contributed by atoms with Crippen molar-refractivity contribution in [2.45, 2.75) is 31.8 Å². The Balaban J connectivity index is 1.75. The van der Waals surface area contributed by atoms with E-state index in [9.17, 15) is 4.79 Å². The summed E-state index contributed by atoms with van der Waals surface area (Å²) in [5, 5.41) is 3.21. The van der Waals surface area contributed by atoms with Crippen LogP contribution in [0.2, 0.25) is 0 Å². The van der Waals surface area contributed by atoms with Crippen molar-refractivity contribution in [3.05, 3.63) is 53.9 Å². The van der Waals surface area contributed by atoms with Crippen LogP contribution in [0.3, 0.4) is 0 Å². The van der Waals surface area contributed by atoms with Crippen molar-refractivity contribution in [1.82, 2.24) is 15.2 Å². The fraction of sp³-hybridized carbons (Fsp3) is 0.500. The third-order valence-electron chi connectivity index (χ3n) is 5.75. The zero-order valence-corrected chi connectivity index (χ0v) is 18.7. The van der Waals surface area contributed by atoms with Crippen LogP contribution in [0.1, 0.15) is 36.6 Å². The molecule has 0 aliphatic carbocycles. The predicted octanol–water partition coefficient (Wildman–Crippen LogP) is 3.20. The lowest BCUT2D eigenvalue weighted by atomic mass is 9.88. The van der Waals surface area contributed by atoms with Gasteiger partial charge in [-0.25, -0.2) is 0 Å². The zero-order chi connectivity index (χ0) is 22.1. The SMILES string of the molecule is COCCC(=O)N[C@H](c1ccccn1)[C@@H]1CCCN(Cc2cc(OC)ccc2OC)C1. The van der Waals surface area contributed by atoms with Gasteiger partial charge in [0.1, 0.15) is 11.5 Å². The number of carbonyl (C=O) groups excluding carboxylic acids is 1. The molecule has 2 aromatic rings. The number of hydrogen-bond acceptors (Lipinski definition) is 6. The van der Waals surface area contributed by atoms with E-state index in [4.69, 9.17) is 14.2 Å². The molecule has 0 bridgehead atoms. The van der Waals surface area contributed by atoms with E-state index in [1.54, 1.807) is 27.5 Å². The number of piperidine rings is 1. The van der Waals surface area contributed by atoms with Gasteiger partial charge >= 0.3 is 0 Å². The molecular formula is C24H33N3O4. The van der Waals surface area contributed by atoms with Crippen molar-refractivity contribution >= 4 is 5.91 Å². The summed E-state index contributed by atoms with van der Waals surface area (Å²) in [5.74, 6) is 1.94. The Bertz CT molecular complexity index is 831. The molecule has 0 spiro atoms. The Morgan fingerprint density at radius 1 is 1.23 bits per heavy atom. The highest BCUT2D eigenvalue weighted by atomic mass is 16.5. The third-order valence-corrected chi connectivity index (χ3v) is 5.75. The maximum atomic E-state index is 12.5. The van der Waals surface area contributed by atoms with E-state index >= 15 is 0 Å². The van der Waals surface area contributed by atoms with Gasteiger partial charge in [0, 0.05) is 38.4 Å². The van der Waals surface area contributed by atoms with Gasteiger partial charge in [-0.3, -0.25) is 14.7 Å². The molecule has 1 aromatic heterocycles. The lowest BCUT2D eigenvalue weighted by molar-refractivity contribution is -0.123. The van der Waals surface area contributed by atoms with Crippen molar-refractivity contribution in [1.29, 1.82) is 0 Å². The third kappa shape index (κ3) is 6.42. The summed E-state index contributed by atoms with van der Waals surface area (Å²) in [7, 11) is 4.97. The first-order valence-electron chi connectivity index (χ1n) is 10.8. The quantitative estimate of drug-likeness (QED) is 0.628. The Labute approximate surface area is 184 Å². The number of nitrogens with one attached hydrogen (secondary N) is 1. The molecule has 1 aliphatic heterocycles. The zero-order valence-electron chi connectivity index (χ0n) is 18.7. The number of likely N-dealkylation sites (tertiary alicyclic amines) is 1. The molecule has 168 valence electrons. The van der Waals surface area contributed by atoms with E-state index in [2.05, 4.69) is 15.2 Å². The Morgan fingerprint density at radius 2 is 2.10 bits per heavy atom. The van der Waals surface area contributed by atoms with Crippen LogP contribution in [0.15, 0.2) is 42.6 Å². The highest BCUT2D eigenvalue weighted by Gasteiger charge is 2.30. The van der Waals surface area contributed by atoms with Gasteiger partial charge in [0.2, 0.25) is 5.91 Å². The maximum Gasteiger partial charge on any atom is 0.222 e. The molecule has 0 radical (unpaired) electrons. The van der Waals surface area contributed by atoms with Crippen LogP contribution < -0.4 is 14.8 Å². The molecule has 7 nitrogen and oxygen atoms in total. The van der Waals surface area contributed by atoms with E-state index in [1.165, 1.54) is 0 Å². The standard InChI is InChI=1S/C24H33N3O4/c1-29-14-11-23(28)26-24(21-8-4-5-12-25-21)18-7-6-13-27(16-18)17-19-15-20(30-2)9-10-22(19)31-3/h4-5,8-10,12,15,18,24H,6-7,11,13-14,16-17H2,1-3H3,(H,26,28)/t18-,24+/m1/s1. The van der Waals surface area contributed by atoms with Crippen LogP contribution in [0, 0.1) is 5.92 Å². The van der Waals surface area contributed by atoms with Gasteiger partial charge in [0.05, 0.1) is 32.6 Å². The summed E-state index contributed by atoms with van der Waals surface area (Å²) in [5.41, 5.74) is 2.00. The van der Waals surface area contributed by atoms with Crippen LogP contribution in [0.25, 0.3) is 0 Å². The smallest absolute Gasteiger partial charge is 0.222 e. The van der Waals surface area contributed by atoms with Crippen molar-refractivity contribution in [3.63, 3.8) is 0 Å². The second-order valence-electron chi connectivity index (χ2n) is 7.86. The molecule has 1 aromatic carbocycles. The summed E-state index contributed by atoms with van der Waals surface area (Å²) >= 11 is 0. The first-order valence-corrected chi connectivity index (χ1v) is 10.8. The molecule has 1 fully saturated rings. The molecule has 3 rings (SSSR count). The summed E-state index contributed by atoms with van der Waals surface area (Å²) in [6.07, 6.45) is 4.23. The lowest BCUT2D eigenvalue weighted by Crippen LogP contribution is -2.43. The Kier molecular flexibility index (Phi) is 8.67. The number of carbonyl (C=O) groups is 1. The number of amides is 1. The molecule has 2 atom stereocenters. The minimum absolute atomic E-state index is 0.0101. The fourth-order valence-electron chi connectivity index (χ4n) is 4.19. The van der Waals surface area contributed by atoms with Crippen molar-refractivity contribution in [3.8, 4) is 11.5 Å². The molecule has 1 saturated heterocycles. The largest absolute Gasteiger partial charge is 0.497 e. The number of aromatic nitrogens is 1. The normalized spacial score (nSPS) is 17.7. The number of hydrogen-bond donors (Lipinski definition) is 1. The molecule has 2 heterocycles. The molecule has 1 amide bonds. The Morgan fingerprint density at radius 3 is 2.81 bits per heavy atom. The molecule has 1 aliphatic rings. The molecule has 31 heavy (non-hydrogen) atoms. The topological polar surface area (TPSA) is 72.9 Å². The van der Waals surface area contributed by atoms with Crippen molar-refractivity contribution in [2.75, 3.05) is 41.0 Å². The summed E-state index contributed by atoms with van der Waals surface area (Å²) in [6.45, 7) is 3.05. The van der Waals surface area contributed by atoms with Gasteiger partial charge in [-0.05, 0) is 55.6 Å². The van der Waals surface area contributed by atoms with E-state index in [-0.39, 0.29) is 17.9 Å². The van der Waals surface area contributed by atoms with E-state index in [1.807, 2.05) is 36.4 Å². The molecule has 0 saturated carbocycles. The monoisotopic (exact) mass is 427 g/mol. The van der Waals surface area contributed by atoms with Gasteiger partial charge in [-0.1, -0.05) is 6.07 Å². The maximum absolute atomic E-state index is 12.5. The second-order valence-corrected chi connectivity index (χ2v) is 7.86. The molecule has 0 unspecified atom stereocenters. The minimum Gasteiger partial charge on any atom is -0.497 e. The predicted molar refractivity (Wildman–Crippen MR) is 119 cm³/mol. The van der Waals surface area contributed by atoms with Gasteiger partial charge in [0.15, 0.2) is 0 Å². The fourth-order valence-corrected chi connectivity index (χ4v) is 4.19. The number of benzene rings is 1. The van der Waals surface area contributed by atoms with Crippen LogP contribution >= 0.6 is 0 Å². The number of ether oxygens (including phenoxy) is 3. The van der Waals surface area contributed by atoms with E-state index < -0.39 is 0 Å². The van der Waals surface area contributed by atoms with Gasteiger partial charge in [-0.2, -0.15) is 0 Å². The van der Waals surface area contributed by atoms with E-state index in [0.29, 0.717) is 13.0 Å². The number of methoxy groups -OCH3 is 3. The van der Waals surface area contributed by atoms with Crippen LogP contribution in [-0.2, 0) is 16.1 Å². The highest BCUT2D eigenvalue weighted by molar-refractivity contribution is 5.76. The number of nitrogens with zero attached hydrogens (tertiary/aromatic N) is 2. The molecule has 1 N–H and O–H groups in total. The highest BCUT2D eigenvalue weighted by Crippen LogP contribution is 2.32. The van der Waals surface area contributed by atoms with Gasteiger partial charge in [0.25, 0.3) is 0 Å². The summed E-state index contributed by atoms with van der Waals surface area (Å²) in [6, 6.07) is 11.6. The molecular weight excluding hydrogens is 394 g/mol. The average Bonchev–Trinajstić information content (AvgIpc) is 2.81. The first-order chi connectivity index (χ1) is 15.1. The van der Waals surface area contributed by atoms with E-state index in [0.717, 1.165) is 55.2 Å². The van der Waals surface area contributed by atoms with Gasteiger partial charge < -0.3 is 19.5 Å². The van der Waals surface area contributed by atoms with Crippen molar-refractivity contribution in [2.24, 2.45) is 5.92 Å². The van der Waals surface area contributed by atoms with Crippen LogP contribution in [-0.4, -0.2) is 56.8 Å². The second kappa shape index (κ2) is 11.7. The summed E-state index contributed by atoms with van der Waals surface area (Å²) in [4.78, 5) is 19.5. The first kappa shape index (κ1) is 23.0. The molecule has 7 heteroatoms. The average molecular weight is 428 g/mol. The summed E-state index contributed by atoms with van der Waals surface area (Å²) < 4.78 is 16.0. The van der Waals surface area contributed by atoms with Gasteiger partial charge in [-0.15, -0.1) is 0 Å². The Hall–Kier alpha value is -2.64.